The molecule has 1 rings (SSSR count). The van der Waals surface area contributed by atoms with Gasteiger partial charge in [0, 0.05) is 12.5 Å². The molecule has 1 fully saturated rings. The molecule has 0 radical (unpaired) electrons. The smallest absolute Gasteiger partial charge is 0.167 e. The highest BCUT2D eigenvalue weighted by molar-refractivity contribution is 5.91. The molecule has 0 saturated heterocycles. The van der Waals surface area contributed by atoms with Crippen molar-refractivity contribution in [2.45, 2.75) is 39.2 Å². The van der Waals surface area contributed by atoms with E-state index >= 15 is 0 Å². The van der Waals surface area contributed by atoms with Crippen molar-refractivity contribution in [2.75, 3.05) is 6.61 Å². The quantitative estimate of drug-likeness (QED) is 0.646. The molecule has 3 unspecified atom stereocenters. The molecule has 0 aromatic heterocycles. The molecule has 0 spiro atoms. The highest BCUT2D eigenvalue weighted by atomic mass is 16.5. The molecule has 80 valence electrons. The van der Waals surface area contributed by atoms with Gasteiger partial charge in [0.05, 0.1) is 0 Å². The highest BCUT2D eigenvalue weighted by Gasteiger charge is 2.49. The van der Waals surface area contributed by atoms with E-state index in [1.165, 1.54) is 0 Å². The normalized spacial score (nSPS) is 37.5. The van der Waals surface area contributed by atoms with Gasteiger partial charge in [-0.25, -0.2) is 0 Å². The maximum absolute atomic E-state index is 11.9. The molecule has 0 aliphatic heterocycles. The molecule has 0 N–H and O–H groups in total. The summed E-state index contributed by atoms with van der Waals surface area (Å²) in [4.78, 5) is 11.9. The predicted molar refractivity (Wildman–Crippen MR) is 57.1 cm³/mol. The molecule has 3 atom stereocenters. The van der Waals surface area contributed by atoms with Crippen LogP contribution in [0.2, 0.25) is 0 Å². The summed E-state index contributed by atoms with van der Waals surface area (Å²) in [5.74, 6) is 0.699. The van der Waals surface area contributed by atoms with Gasteiger partial charge in [-0.3, -0.25) is 4.79 Å². The third-order valence-corrected chi connectivity index (χ3v) is 3.25. The van der Waals surface area contributed by atoms with Gasteiger partial charge in [-0.05, 0) is 32.6 Å². The number of ether oxygens (including phenoxy) is 1. The van der Waals surface area contributed by atoms with Gasteiger partial charge in [0.25, 0.3) is 0 Å². The lowest BCUT2D eigenvalue weighted by molar-refractivity contribution is -0.143. The first-order valence-electron chi connectivity index (χ1n) is 5.35. The van der Waals surface area contributed by atoms with Crippen LogP contribution in [-0.4, -0.2) is 18.0 Å². The fraction of sp³-hybridized carbons (Fsp3) is 0.750. The van der Waals surface area contributed by atoms with Crippen LogP contribution in [0.3, 0.4) is 0 Å². The molecular weight excluding hydrogens is 176 g/mol. The van der Waals surface area contributed by atoms with E-state index in [1.807, 2.05) is 26.8 Å². The fourth-order valence-electron chi connectivity index (χ4n) is 2.46. The number of hydrogen-bond acceptors (Lipinski definition) is 2. The molecule has 1 saturated carbocycles. The minimum atomic E-state index is -0.567. The van der Waals surface area contributed by atoms with Gasteiger partial charge >= 0.3 is 0 Å². The zero-order valence-electron chi connectivity index (χ0n) is 9.38. The van der Waals surface area contributed by atoms with Crippen LogP contribution in [0.25, 0.3) is 0 Å². The summed E-state index contributed by atoms with van der Waals surface area (Å²) in [5, 5.41) is 0. The van der Waals surface area contributed by atoms with Crippen LogP contribution >= 0.6 is 0 Å². The Labute approximate surface area is 86.3 Å². The van der Waals surface area contributed by atoms with Gasteiger partial charge in [0.2, 0.25) is 0 Å². The summed E-state index contributed by atoms with van der Waals surface area (Å²) < 4.78 is 5.64. The highest BCUT2D eigenvalue weighted by Crippen LogP contribution is 2.41. The maximum Gasteiger partial charge on any atom is 0.167 e. The summed E-state index contributed by atoms with van der Waals surface area (Å²) >= 11 is 0. The third kappa shape index (κ3) is 1.76. The zero-order chi connectivity index (χ0) is 10.8. The average Bonchev–Trinajstić information content (AvgIpc) is 2.33. The summed E-state index contributed by atoms with van der Waals surface area (Å²) in [6.07, 6.45) is 3.68. The number of carbonyl (C=O) groups is 1. The Balaban J connectivity index is 2.84. The minimum absolute atomic E-state index is 0.136. The maximum atomic E-state index is 11.9. The van der Waals surface area contributed by atoms with Crippen LogP contribution in [0.1, 0.15) is 33.6 Å². The SMILES string of the molecule is C=CCC1CC(C)C(=O)C1(C)OCC. The monoisotopic (exact) mass is 196 g/mol. The predicted octanol–water partition coefficient (Wildman–Crippen LogP) is 2.58. The van der Waals surface area contributed by atoms with Gasteiger partial charge in [-0.1, -0.05) is 13.0 Å². The summed E-state index contributed by atoms with van der Waals surface area (Å²) in [6, 6.07) is 0. The van der Waals surface area contributed by atoms with Crippen LogP contribution in [0, 0.1) is 11.8 Å². The number of rotatable bonds is 4. The molecule has 1 aliphatic rings. The van der Waals surface area contributed by atoms with E-state index in [9.17, 15) is 4.79 Å². The molecule has 1 aliphatic carbocycles. The largest absolute Gasteiger partial charge is 0.367 e. The number of carbonyl (C=O) groups excluding carboxylic acids is 1. The van der Waals surface area contributed by atoms with Gasteiger partial charge < -0.3 is 4.74 Å². The lowest BCUT2D eigenvalue weighted by atomic mass is 9.89. The lowest BCUT2D eigenvalue weighted by Gasteiger charge is -2.29. The second-order valence-electron chi connectivity index (χ2n) is 4.26. The first-order chi connectivity index (χ1) is 6.56. The molecule has 0 amide bonds. The van der Waals surface area contributed by atoms with Gasteiger partial charge in [-0.2, -0.15) is 0 Å². The summed E-state index contributed by atoms with van der Waals surface area (Å²) in [6.45, 7) is 10.2. The fourth-order valence-corrected chi connectivity index (χ4v) is 2.46. The lowest BCUT2D eigenvalue weighted by Crippen LogP contribution is -2.40. The molecule has 14 heavy (non-hydrogen) atoms. The Kier molecular flexibility index (Phi) is 3.48. The molecule has 0 aromatic carbocycles. The number of hydrogen-bond donors (Lipinski definition) is 0. The van der Waals surface area contributed by atoms with Crippen molar-refractivity contribution in [3.05, 3.63) is 12.7 Å². The van der Waals surface area contributed by atoms with Crippen molar-refractivity contribution < 1.29 is 9.53 Å². The van der Waals surface area contributed by atoms with E-state index in [2.05, 4.69) is 6.58 Å². The number of ketones is 1. The zero-order valence-corrected chi connectivity index (χ0v) is 9.38. The molecule has 0 aromatic rings. The molecule has 0 heterocycles. The topological polar surface area (TPSA) is 26.3 Å². The van der Waals surface area contributed by atoms with Crippen molar-refractivity contribution >= 4 is 5.78 Å². The van der Waals surface area contributed by atoms with Gasteiger partial charge in [0.1, 0.15) is 5.60 Å². The Hall–Kier alpha value is -0.630. The Morgan fingerprint density at radius 1 is 1.71 bits per heavy atom. The Morgan fingerprint density at radius 3 is 2.86 bits per heavy atom. The number of allylic oxidation sites excluding steroid dienone is 1. The Bertz CT molecular complexity index is 234. The van der Waals surface area contributed by atoms with E-state index in [4.69, 9.17) is 4.74 Å². The average molecular weight is 196 g/mol. The first kappa shape index (κ1) is 11.4. The van der Waals surface area contributed by atoms with Crippen LogP contribution in [0.15, 0.2) is 12.7 Å². The molecule has 2 heteroatoms. The van der Waals surface area contributed by atoms with E-state index in [0.717, 1.165) is 12.8 Å². The van der Waals surface area contributed by atoms with Gasteiger partial charge in [-0.15, -0.1) is 6.58 Å². The van der Waals surface area contributed by atoms with E-state index in [-0.39, 0.29) is 11.7 Å². The summed E-state index contributed by atoms with van der Waals surface area (Å²) in [5.41, 5.74) is -0.567. The van der Waals surface area contributed by atoms with Crippen LogP contribution in [0.5, 0.6) is 0 Å². The third-order valence-electron chi connectivity index (χ3n) is 3.25. The standard InChI is InChI=1S/C12H20O2/c1-5-7-10-8-9(3)11(13)12(10,4)14-6-2/h5,9-10H,1,6-8H2,2-4H3. The van der Waals surface area contributed by atoms with Crippen molar-refractivity contribution in [2.24, 2.45) is 11.8 Å². The van der Waals surface area contributed by atoms with Gasteiger partial charge in [0.15, 0.2) is 5.78 Å². The Morgan fingerprint density at radius 2 is 2.36 bits per heavy atom. The molecule has 2 nitrogen and oxygen atoms in total. The van der Waals surface area contributed by atoms with Crippen LogP contribution in [-0.2, 0) is 9.53 Å². The number of Topliss-reactive ketones (excluding diaryl/α,β-unsaturated/α-hetero) is 1. The van der Waals surface area contributed by atoms with Crippen LogP contribution < -0.4 is 0 Å². The van der Waals surface area contributed by atoms with Crippen molar-refractivity contribution in [3.63, 3.8) is 0 Å². The van der Waals surface area contributed by atoms with Crippen LogP contribution in [0.4, 0.5) is 0 Å². The first-order valence-corrected chi connectivity index (χ1v) is 5.35. The van der Waals surface area contributed by atoms with Crippen molar-refractivity contribution in [3.8, 4) is 0 Å². The minimum Gasteiger partial charge on any atom is -0.367 e. The van der Waals surface area contributed by atoms with Crippen molar-refractivity contribution in [1.29, 1.82) is 0 Å². The van der Waals surface area contributed by atoms with E-state index < -0.39 is 5.60 Å². The second-order valence-corrected chi connectivity index (χ2v) is 4.26. The van der Waals surface area contributed by atoms with E-state index in [0.29, 0.717) is 12.5 Å². The summed E-state index contributed by atoms with van der Waals surface area (Å²) in [7, 11) is 0. The second kappa shape index (κ2) is 4.26. The molecular formula is C12H20O2. The van der Waals surface area contributed by atoms with Crippen molar-refractivity contribution in [1.82, 2.24) is 0 Å². The van der Waals surface area contributed by atoms with E-state index in [1.54, 1.807) is 0 Å². The molecule has 0 bridgehead atoms.